The molecule has 0 aromatic heterocycles. The molecular formula is C31H24O3. The molecule has 0 heterocycles. The van der Waals surface area contributed by atoms with Crippen LogP contribution in [0.1, 0.15) is 22.6 Å². The molecule has 0 unspecified atom stereocenters. The van der Waals surface area contributed by atoms with Crippen LogP contribution >= 0.6 is 0 Å². The van der Waals surface area contributed by atoms with E-state index in [1.807, 2.05) is 36.4 Å². The third-order valence-corrected chi connectivity index (χ3v) is 6.07. The van der Waals surface area contributed by atoms with Crippen molar-refractivity contribution in [3.63, 3.8) is 0 Å². The average molecular weight is 445 g/mol. The molecule has 3 heteroatoms. The molecule has 166 valence electrons. The van der Waals surface area contributed by atoms with Gasteiger partial charge in [0.25, 0.3) is 0 Å². The molecule has 0 aliphatic heterocycles. The maximum absolute atomic E-state index is 9.87. The zero-order valence-corrected chi connectivity index (χ0v) is 18.5. The molecule has 34 heavy (non-hydrogen) atoms. The lowest BCUT2D eigenvalue weighted by molar-refractivity contribution is 0.474. The molecule has 5 aromatic carbocycles. The van der Waals surface area contributed by atoms with Gasteiger partial charge in [0, 0.05) is 5.92 Å². The summed E-state index contributed by atoms with van der Waals surface area (Å²) in [6.07, 6.45) is 0. The Morgan fingerprint density at radius 3 is 1.15 bits per heavy atom. The molecule has 0 bridgehead atoms. The lowest BCUT2D eigenvalue weighted by atomic mass is 9.83. The maximum atomic E-state index is 9.87. The number of hydrogen-bond donors (Lipinski definition) is 3. The van der Waals surface area contributed by atoms with Crippen LogP contribution in [0.15, 0.2) is 121 Å². The highest BCUT2D eigenvalue weighted by Gasteiger charge is 2.18. The Morgan fingerprint density at radius 2 is 0.735 bits per heavy atom. The molecule has 0 amide bonds. The summed E-state index contributed by atoms with van der Waals surface area (Å²) in [5.74, 6) is 0.675. The molecule has 0 saturated carbocycles. The summed E-state index contributed by atoms with van der Waals surface area (Å²) in [6.45, 7) is 0. The van der Waals surface area contributed by atoms with Crippen molar-refractivity contribution in [2.75, 3.05) is 0 Å². The highest BCUT2D eigenvalue weighted by Crippen LogP contribution is 2.36. The summed E-state index contributed by atoms with van der Waals surface area (Å²) in [5, 5.41) is 29.2. The van der Waals surface area contributed by atoms with Crippen molar-refractivity contribution in [1.29, 1.82) is 0 Å². The number of phenolic OH excluding ortho intramolecular Hbond substituents is 3. The Hall–Kier alpha value is -4.50. The lowest BCUT2D eigenvalue weighted by Crippen LogP contribution is -2.04. The Kier molecular flexibility index (Phi) is 5.75. The minimum absolute atomic E-state index is 0.0465. The minimum Gasteiger partial charge on any atom is -0.508 e. The summed E-state index contributed by atoms with van der Waals surface area (Å²) in [6, 6.07) is 38.6. The molecule has 5 aromatic rings. The van der Waals surface area contributed by atoms with Gasteiger partial charge >= 0.3 is 0 Å². The third kappa shape index (κ3) is 4.50. The topological polar surface area (TPSA) is 60.7 Å². The van der Waals surface area contributed by atoms with Crippen LogP contribution in [-0.2, 0) is 0 Å². The SMILES string of the molecule is Oc1ccc(-c2cccc(C(c3ccc(O)cc3)c3cccc(-c4ccc(O)cc4)c3)c2)cc1. The van der Waals surface area contributed by atoms with Gasteiger partial charge in [-0.2, -0.15) is 0 Å². The van der Waals surface area contributed by atoms with E-state index >= 15 is 0 Å². The largest absolute Gasteiger partial charge is 0.508 e. The number of aromatic hydroxyl groups is 3. The minimum atomic E-state index is -0.0465. The quantitative estimate of drug-likeness (QED) is 0.249. The Labute approximate surface area is 198 Å². The summed E-state index contributed by atoms with van der Waals surface area (Å²) < 4.78 is 0. The molecule has 3 N–H and O–H groups in total. The van der Waals surface area contributed by atoms with Crippen molar-refractivity contribution in [2.45, 2.75) is 5.92 Å². The molecule has 0 spiro atoms. The number of hydrogen-bond acceptors (Lipinski definition) is 3. The normalized spacial score (nSPS) is 11.0. The van der Waals surface area contributed by atoms with Gasteiger partial charge in [-0.25, -0.2) is 0 Å². The summed E-state index contributed by atoms with van der Waals surface area (Å²) in [5.41, 5.74) is 7.51. The second kappa shape index (κ2) is 9.16. The van der Waals surface area contributed by atoms with Crippen LogP contribution in [0.4, 0.5) is 0 Å². The fourth-order valence-electron chi connectivity index (χ4n) is 4.35. The highest BCUT2D eigenvalue weighted by molar-refractivity contribution is 5.68. The van der Waals surface area contributed by atoms with E-state index in [-0.39, 0.29) is 23.2 Å². The first-order chi connectivity index (χ1) is 16.6. The monoisotopic (exact) mass is 444 g/mol. The summed E-state index contributed by atoms with van der Waals surface area (Å²) >= 11 is 0. The molecule has 0 aliphatic carbocycles. The van der Waals surface area contributed by atoms with E-state index in [2.05, 4.69) is 48.5 Å². The van der Waals surface area contributed by atoms with E-state index in [4.69, 9.17) is 0 Å². The second-order valence-electron chi connectivity index (χ2n) is 8.37. The smallest absolute Gasteiger partial charge is 0.115 e. The summed E-state index contributed by atoms with van der Waals surface area (Å²) in [4.78, 5) is 0. The fourth-order valence-corrected chi connectivity index (χ4v) is 4.35. The third-order valence-electron chi connectivity index (χ3n) is 6.07. The molecule has 3 nitrogen and oxygen atoms in total. The zero-order chi connectivity index (χ0) is 23.5. The van der Waals surface area contributed by atoms with Crippen LogP contribution in [0.5, 0.6) is 17.2 Å². The van der Waals surface area contributed by atoms with E-state index in [0.717, 1.165) is 38.9 Å². The first kappa shape index (κ1) is 21.4. The van der Waals surface area contributed by atoms with Crippen LogP contribution in [-0.4, -0.2) is 15.3 Å². The van der Waals surface area contributed by atoms with Gasteiger partial charge in [-0.05, 0) is 75.3 Å². The van der Waals surface area contributed by atoms with Crippen LogP contribution in [0, 0.1) is 0 Å². The fraction of sp³-hybridized carbons (Fsp3) is 0.0323. The zero-order valence-electron chi connectivity index (χ0n) is 18.5. The molecule has 0 atom stereocenters. The Morgan fingerprint density at radius 1 is 0.353 bits per heavy atom. The van der Waals surface area contributed by atoms with Crippen LogP contribution in [0.25, 0.3) is 22.3 Å². The van der Waals surface area contributed by atoms with Crippen molar-refractivity contribution in [3.05, 3.63) is 138 Å². The first-order valence-corrected chi connectivity index (χ1v) is 11.1. The van der Waals surface area contributed by atoms with E-state index in [1.165, 1.54) is 0 Å². The Balaban J connectivity index is 1.62. The lowest BCUT2D eigenvalue weighted by Gasteiger charge is -2.21. The average Bonchev–Trinajstić information content (AvgIpc) is 2.87. The molecular weight excluding hydrogens is 420 g/mol. The number of phenols is 3. The highest BCUT2D eigenvalue weighted by atomic mass is 16.3. The van der Waals surface area contributed by atoms with E-state index in [9.17, 15) is 15.3 Å². The predicted octanol–water partition coefficient (Wildman–Crippen LogP) is 7.32. The second-order valence-corrected chi connectivity index (χ2v) is 8.37. The van der Waals surface area contributed by atoms with E-state index < -0.39 is 0 Å². The van der Waals surface area contributed by atoms with Crippen LogP contribution < -0.4 is 0 Å². The van der Waals surface area contributed by atoms with Crippen molar-refractivity contribution in [2.24, 2.45) is 0 Å². The Bertz CT molecular complexity index is 1310. The van der Waals surface area contributed by atoms with Gasteiger partial charge in [-0.3, -0.25) is 0 Å². The number of benzene rings is 5. The van der Waals surface area contributed by atoms with Gasteiger partial charge in [0.05, 0.1) is 0 Å². The van der Waals surface area contributed by atoms with E-state index in [1.54, 1.807) is 36.4 Å². The van der Waals surface area contributed by atoms with Crippen molar-refractivity contribution >= 4 is 0 Å². The van der Waals surface area contributed by atoms with Gasteiger partial charge < -0.3 is 15.3 Å². The standard InChI is InChI=1S/C31H24O3/c32-28-13-7-21(8-14-28)24-3-1-5-26(19-24)31(23-11-17-30(34)18-12-23)27-6-2-4-25(20-27)22-9-15-29(33)16-10-22/h1-20,31-34H. The van der Waals surface area contributed by atoms with Gasteiger partial charge in [0.2, 0.25) is 0 Å². The molecule has 0 fully saturated rings. The van der Waals surface area contributed by atoms with Gasteiger partial charge in [0.1, 0.15) is 17.2 Å². The van der Waals surface area contributed by atoms with Gasteiger partial charge in [0.15, 0.2) is 0 Å². The number of rotatable bonds is 5. The van der Waals surface area contributed by atoms with Crippen molar-refractivity contribution in [3.8, 4) is 39.5 Å². The van der Waals surface area contributed by atoms with Crippen molar-refractivity contribution in [1.82, 2.24) is 0 Å². The molecule has 0 aliphatic rings. The van der Waals surface area contributed by atoms with Crippen molar-refractivity contribution < 1.29 is 15.3 Å². The predicted molar refractivity (Wildman–Crippen MR) is 136 cm³/mol. The van der Waals surface area contributed by atoms with Crippen LogP contribution in [0.2, 0.25) is 0 Å². The van der Waals surface area contributed by atoms with Crippen LogP contribution in [0.3, 0.4) is 0 Å². The van der Waals surface area contributed by atoms with Gasteiger partial charge in [-0.1, -0.05) is 84.9 Å². The molecule has 5 rings (SSSR count). The molecule has 0 radical (unpaired) electrons. The summed E-state index contributed by atoms with van der Waals surface area (Å²) in [7, 11) is 0. The van der Waals surface area contributed by atoms with Gasteiger partial charge in [-0.15, -0.1) is 0 Å². The van der Waals surface area contributed by atoms with E-state index in [0.29, 0.717) is 0 Å². The molecule has 0 saturated heterocycles. The first-order valence-electron chi connectivity index (χ1n) is 11.1. The maximum Gasteiger partial charge on any atom is 0.115 e.